The van der Waals surface area contributed by atoms with Crippen LogP contribution < -0.4 is 20.2 Å². The summed E-state index contributed by atoms with van der Waals surface area (Å²) in [7, 11) is 0. The molecule has 168 valence electrons. The van der Waals surface area contributed by atoms with Gasteiger partial charge in [0.1, 0.15) is 0 Å². The van der Waals surface area contributed by atoms with E-state index in [1.807, 2.05) is 42.5 Å². The number of nitrogens with one attached hydrogen (secondary N) is 1. The fourth-order valence-electron chi connectivity index (χ4n) is 4.30. The molecule has 2 aromatic rings. The molecule has 1 saturated heterocycles. The molecule has 1 fully saturated rings. The van der Waals surface area contributed by atoms with Gasteiger partial charge in [-0.15, -0.1) is 0 Å². The van der Waals surface area contributed by atoms with E-state index in [1.54, 1.807) is 12.1 Å². The van der Waals surface area contributed by atoms with Gasteiger partial charge < -0.3 is 25.0 Å². The van der Waals surface area contributed by atoms with Gasteiger partial charge in [0, 0.05) is 49.4 Å². The normalized spacial score (nSPS) is 20.8. The largest absolute Gasteiger partial charge is 0.550 e. The summed E-state index contributed by atoms with van der Waals surface area (Å²) >= 11 is 12.5. The summed E-state index contributed by atoms with van der Waals surface area (Å²) in [5.41, 5.74) is 2.66. The molecule has 1 N–H and O–H groups in total. The van der Waals surface area contributed by atoms with Crippen LogP contribution in [0.2, 0.25) is 10.0 Å². The second kappa shape index (κ2) is 9.84. The van der Waals surface area contributed by atoms with Gasteiger partial charge in [-0.2, -0.15) is 0 Å². The zero-order valence-corrected chi connectivity index (χ0v) is 19.0. The van der Waals surface area contributed by atoms with E-state index in [-0.39, 0.29) is 5.91 Å². The lowest BCUT2D eigenvalue weighted by Crippen LogP contribution is -2.46. The molecule has 0 bridgehead atoms. The molecule has 8 heteroatoms. The number of rotatable bonds is 5. The van der Waals surface area contributed by atoms with Crippen molar-refractivity contribution in [1.29, 1.82) is 0 Å². The Bertz CT molecular complexity index is 1020. The minimum Gasteiger partial charge on any atom is -0.550 e. The van der Waals surface area contributed by atoms with Crippen molar-refractivity contribution in [1.82, 2.24) is 0 Å². The van der Waals surface area contributed by atoms with Gasteiger partial charge >= 0.3 is 0 Å². The number of hydrogen-bond acceptors (Lipinski definition) is 5. The molecule has 2 aromatic carbocycles. The number of carboxylic acid groups (broad SMARTS) is 1. The van der Waals surface area contributed by atoms with Crippen molar-refractivity contribution in [3.8, 4) is 0 Å². The quantitative estimate of drug-likeness (QED) is 0.672. The highest BCUT2D eigenvalue weighted by Crippen LogP contribution is 2.33. The number of allylic oxidation sites excluding steroid dienone is 2. The number of halogens is 2. The van der Waals surface area contributed by atoms with E-state index in [0.717, 1.165) is 37.6 Å². The lowest BCUT2D eigenvalue weighted by molar-refractivity contribution is -0.313. The molecule has 0 unspecified atom stereocenters. The molecule has 32 heavy (non-hydrogen) atoms. The second-order valence-corrected chi connectivity index (χ2v) is 8.84. The Balaban J connectivity index is 1.35. The first-order valence-electron chi connectivity index (χ1n) is 10.6. The van der Waals surface area contributed by atoms with Crippen LogP contribution in [0.5, 0.6) is 0 Å². The molecule has 1 aliphatic carbocycles. The van der Waals surface area contributed by atoms with Crippen LogP contribution in [0, 0.1) is 11.8 Å². The van der Waals surface area contributed by atoms with Crippen LogP contribution in [0.25, 0.3) is 0 Å². The monoisotopic (exact) mass is 472 g/mol. The van der Waals surface area contributed by atoms with Gasteiger partial charge in [-0.3, -0.25) is 4.79 Å². The molecule has 1 aliphatic heterocycles. The molecular formula is C24H24Cl2N3O3-. The Kier molecular flexibility index (Phi) is 6.92. The van der Waals surface area contributed by atoms with Crippen LogP contribution in [0.4, 0.5) is 17.1 Å². The van der Waals surface area contributed by atoms with Gasteiger partial charge in [0.25, 0.3) is 0 Å². The number of aliphatic carboxylic acids is 1. The first kappa shape index (κ1) is 22.5. The average Bonchev–Trinajstić information content (AvgIpc) is 2.81. The highest BCUT2D eigenvalue weighted by atomic mass is 35.5. The Hall–Kier alpha value is -2.70. The van der Waals surface area contributed by atoms with Gasteiger partial charge in [0.15, 0.2) is 0 Å². The van der Waals surface area contributed by atoms with Crippen LogP contribution in [0.1, 0.15) is 12.8 Å². The minimum atomic E-state index is -1.18. The lowest BCUT2D eigenvalue weighted by atomic mass is 9.82. The van der Waals surface area contributed by atoms with Crippen molar-refractivity contribution >= 4 is 52.1 Å². The SMILES string of the molecule is O=C([O-])[C@H]1CC=CC[C@H]1C(=O)Nc1ccc(N2CCN(c3cccc(Cl)c3Cl)CC2)cc1. The molecule has 6 nitrogen and oxygen atoms in total. The van der Waals surface area contributed by atoms with E-state index in [2.05, 4.69) is 15.1 Å². The van der Waals surface area contributed by atoms with E-state index in [1.165, 1.54) is 0 Å². The Morgan fingerprint density at radius 2 is 1.50 bits per heavy atom. The summed E-state index contributed by atoms with van der Waals surface area (Å²) in [5, 5.41) is 15.3. The van der Waals surface area contributed by atoms with Crippen LogP contribution in [0.3, 0.4) is 0 Å². The van der Waals surface area contributed by atoms with Crippen molar-refractivity contribution in [3.63, 3.8) is 0 Å². The summed E-state index contributed by atoms with van der Waals surface area (Å²) in [6, 6.07) is 13.3. The topological polar surface area (TPSA) is 75.7 Å². The third-order valence-electron chi connectivity index (χ3n) is 6.12. The predicted octanol–water partition coefficient (Wildman–Crippen LogP) is 3.59. The van der Waals surface area contributed by atoms with Crippen molar-refractivity contribution in [2.75, 3.05) is 41.3 Å². The summed E-state index contributed by atoms with van der Waals surface area (Å²) in [4.78, 5) is 28.5. The molecule has 0 spiro atoms. The first-order chi connectivity index (χ1) is 15.4. The molecule has 0 aromatic heterocycles. The van der Waals surface area contributed by atoms with Gasteiger partial charge in [0.2, 0.25) is 5.91 Å². The fraction of sp³-hybridized carbons (Fsp3) is 0.333. The number of hydrogen-bond donors (Lipinski definition) is 1. The van der Waals surface area contributed by atoms with Gasteiger partial charge in [-0.1, -0.05) is 41.4 Å². The zero-order chi connectivity index (χ0) is 22.7. The summed E-state index contributed by atoms with van der Waals surface area (Å²) in [6.45, 7) is 3.29. The van der Waals surface area contributed by atoms with E-state index in [0.29, 0.717) is 28.6 Å². The second-order valence-electron chi connectivity index (χ2n) is 8.06. The van der Waals surface area contributed by atoms with E-state index >= 15 is 0 Å². The van der Waals surface area contributed by atoms with Crippen molar-refractivity contribution in [3.05, 3.63) is 64.7 Å². The molecule has 0 radical (unpaired) electrons. The predicted molar refractivity (Wildman–Crippen MR) is 126 cm³/mol. The van der Waals surface area contributed by atoms with Crippen molar-refractivity contribution in [2.24, 2.45) is 11.8 Å². The number of nitrogens with zero attached hydrogens (tertiary/aromatic N) is 2. The lowest BCUT2D eigenvalue weighted by Gasteiger charge is -2.37. The van der Waals surface area contributed by atoms with E-state index in [4.69, 9.17) is 23.2 Å². The van der Waals surface area contributed by atoms with Gasteiger partial charge in [0.05, 0.1) is 21.7 Å². The van der Waals surface area contributed by atoms with Crippen LogP contribution in [-0.4, -0.2) is 38.1 Å². The Labute approximate surface area is 197 Å². The van der Waals surface area contributed by atoms with E-state index < -0.39 is 17.8 Å². The Morgan fingerprint density at radius 3 is 2.16 bits per heavy atom. The number of carbonyl (C=O) groups excluding carboxylic acids is 2. The summed E-state index contributed by atoms with van der Waals surface area (Å²) in [5.74, 6) is -2.87. The summed E-state index contributed by atoms with van der Waals surface area (Å²) < 4.78 is 0. The average molecular weight is 473 g/mol. The first-order valence-corrected chi connectivity index (χ1v) is 11.4. The van der Waals surface area contributed by atoms with Crippen LogP contribution >= 0.6 is 23.2 Å². The minimum absolute atomic E-state index is 0.289. The molecule has 4 rings (SSSR count). The Morgan fingerprint density at radius 1 is 0.875 bits per heavy atom. The molecule has 2 atom stereocenters. The third-order valence-corrected chi connectivity index (χ3v) is 6.93. The molecule has 1 amide bonds. The maximum Gasteiger partial charge on any atom is 0.228 e. The fourth-order valence-corrected chi connectivity index (χ4v) is 4.71. The maximum absolute atomic E-state index is 12.6. The third kappa shape index (κ3) is 4.87. The smallest absolute Gasteiger partial charge is 0.228 e. The molecule has 0 saturated carbocycles. The van der Waals surface area contributed by atoms with Crippen LogP contribution in [0.15, 0.2) is 54.6 Å². The number of amides is 1. The van der Waals surface area contributed by atoms with Crippen molar-refractivity contribution < 1.29 is 14.7 Å². The molecule has 1 heterocycles. The van der Waals surface area contributed by atoms with Crippen molar-refractivity contribution in [2.45, 2.75) is 12.8 Å². The molecule has 2 aliphatic rings. The number of carboxylic acids is 1. The van der Waals surface area contributed by atoms with Gasteiger partial charge in [-0.05, 0) is 49.2 Å². The highest BCUT2D eigenvalue weighted by molar-refractivity contribution is 6.43. The summed E-state index contributed by atoms with van der Waals surface area (Å²) in [6.07, 6.45) is 4.37. The zero-order valence-electron chi connectivity index (χ0n) is 17.5. The standard InChI is InChI=1S/C24H25Cl2N3O3/c25-20-6-3-7-21(22(20)26)29-14-12-28(13-15-29)17-10-8-16(9-11-17)27-23(30)18-4-1-2-5-19(18)24(31)32/h1-3,6-11,18-19H,4-5,12-15H2,(H,27,30)(H,31,32)/p-1/t18-,19+/m1/s1. The highest BCUT2D eigenvalue weighted by Gasteiger charge is 2.30. The van der Waals surface area contributed by atoms with Gasteiger partial charge in [-0.25, -0.2) is 0 Å². The van der Waals surface area contributed by atoms with E-state index in [9.17, 15) is 14.7 Å². The molecular weight excluding hydrogens is 449 g/mol. The number of carbonyl (C=O) groups is 2. The number of piperazine rings is 1. The number of anilines is 3. The number of benzene rings is 2. The maximum atomic E-state index is 12.6. The van der Waals surface area contributed by atoms with Crippen LogP contribution in [-0.2, 0) is 9.59 Å².